The number of hydrogen-bond acceptors (Lipinski definition) is 4. The maximum Gasteiger partial charge on any atom is 0.251 e. The summed E-state index contributed by atoms with van der Waals surface area (Å²) in [6, 6.07) is 10.9. The Morgan fingerprint density at radius 2 is 1.97 bits per heavy atom. The lowest BCUT2D eigenvalue weighted by Gasteiger charge is -2.12. The Hall–Kier alpha value is -3.52. The lowest BCUT2D eigenvalue weighted by atomic mass is 10.1. The van der Waals surface area contributed by atoms with Gasteiger partial charge in [-0.05, 0) is 43.2 Å². The van der Waals surface area contributed by atoms with Gasteiger partial charge in [0.2, 0.25) is 5.91 Å². The van der Waals surface area contributed by atoms with Crippen molar-refractivity contribution in [2.24, 2.45) is 0 Å². The number of aryl methyl sites for hydroxylation is 2. The first-order valence-electron chi connectivity index (χ1n) is 9.91. The van der Waals surface area contributed by atoms with E-state index in [4.69, 9.17) is 4.74 Å². The molecule has 0 aliphatic carbocycles. The van der Waals surface area contributed by atoms with Crippen LogP contribution in [-0.4, -0.2) is 28.7 Å². The van der Waals surface area contributed by atoms with Crippen molar-refractivity contribution in [1.29, 1.82) is 0 Å². The van der Waals surface area contributed by atoms with Crippen molar-refractivity contribution in [2.45, 2.75) is 32.9 Å². The molecule has 7 nitrogen and oxygen atoms in total. The third kappa shape index (κ3) is 4.06. The number of rotatable bonds is 6. The lowest BCUT2D eigenvalue weighted by molar-refractivity contribution is -0.123. The highest BCUT2D eigenvalue weighted by atomic mass is 19.1. The molecule has 4 rings (SSSR count). The Bertz CT molecular complexity index is 1150. The Morgan fingerprint density at radius 1 is 1.23 bits per heavy atom. The molecule has 0 fully saturated rings. The van der Waals surface area contributed by atoms with Gasteiger partial charge in [0.05, 0.1) is 18.7 Å². The number of benzene rings is 2. The molecule has 2 aromatic carbocycles. The van der Waals surface area contributed by atoms with Gasteiger partial charge in [-0.25, -0.2) is 9.07 Å². The number of carbonyl (C=O) groups excluding carboxylic acids is 2. The number of amides is 2. The monoisotopic (exact) mass is 422 g/mol. The van der Waals surface area contributed by atoms with Crippen LogP contribution in [0.25, 0.3) is 11.1 Å². The summed E-state index contributed by atoms with van der Waals surface area (Å²) in [4.78, 5) is 25.3. The van der Waals surface area contributed by atoms with Crippen LogP contribution < -0.4 is 10.6 Å². The molecule has 1 unspecified atom stereocenters. The number of nitrogens with one attached hydrogen (secondary N) is 2. The molecule has 2 amide bonds. The molecule has 160 valence electrons. The minimum atomic E-state index is -0.787. The number of ether oxygens (including phenoxy) is 1. The normalized spacial score (nSPS) is 15.0. The first kappa shape index (κ1) is 20.7. The fourth-order valence-corrected chi connectivity index (χ4v) is 3.81. The highest BCUT2D eigenvalue weighted by molar-refractivity contribution is 6.04. The average Bonchev–Trinajstić information content (AvgIpc) is 3.20. The number of carbonyl (C=O) groups is 2. The van der Waals surface area contributed by atoms with E-state index in [-0.39, 0.29) is 30.7 Å². The van der Waals surface area contributed by atoms with Crippen LogP contribution in [0, 0.1) is 19.7 Å². The van der Waals surface area contributed by atoms with E-state index in [9.17, 15) is 14.0 Å². The van der Waals surface area contributed by atoms with Gasteiger partial charge in [-0.3, -0.25) is 9.59 Å². The zero-order valence-electron chi connectivity index (χ0n) is 17.5. The lowest BCUT2D eigenvalue weighted by Crippen LogP contribution is -2.24. The molecule has 1 atom stereocenters. The van der Waals surface area contributed by atoms with Gasteiger partial charge in [0.1, 0.15) is 17.7 Å². The highest BCUT2D eigenvalue weighted by Gasteiger charge is 2.37. The summed E-state index contributed by atoms with van der Waals surface area (Å²) in [6.07, 6.45) is -0.0664. The third-order valence-electron chi connectivity index (χ3n) is 5.27. The van der Waals surface area contributed by atoms with Crippen LogP contribution >= 0.6 is 0 Å². The molecule has 1 aliphatic heterocycles. The second kappa shape index (κ2) is 8.31. The molecule has 2 heterocycles. The molecule has 1 aliphatic rings. The minimum absolute atomic E-state index is 0.0664. The number of methoxy groups -OCH3 is 1. The summed E-state index contributed by atoms with van der Waals surface area (Å²) in [6.45, 7) is 4.11. The SMILES string of the molecule is COCc1nn2c(c1-c1ccc(F)cc1)NC(=O)C2CC(=O)Nc1ccc(C)cc1C. The van der Waals surface area contributed by atoms with E-state index in [0.717, 1.165) is 11.1 Å². The van der Waals surface area contributed by atoms with Crippen molar-refractivity contribution >= 4 is 23.3 Å². The summed E-state index contributed by atoms with van der Waals surface area (Å²) in [7, 11) is 1.55. The van der Waals surface area contributed by atoms with Crippen molar-refractivity contribution in [3.8, 4) is 11.1 Å². The number of halogens is 1. The molecule has 0 radical (unpaired) electrons. The quantitative estimate of drug-likeness (QED) is 0.629. The van der Waals surface area contributed by atoms with Gasteiger partial charge >= 0.3 is 0 Å². The second-order valence-electron chi connectivity index (χ2n) is 7.63. The number of nitrogens with zero attached hydrogens (tertiary/aromatic N) is 2. The summed E-state index contributed by atoms with van der Waals surface area (Å²) >= 11 is 0. The predicted octanol–water partition coefficient (Wildman–Crippen LogP) is 3.97. The number of fused-ring (bicyclic) bond motifs is 1. The largest absolute Gasteiger partial charge is 0.378 e. The predicted molar refractivity (Wildman–Crippen MR) is 115 cm³/mol. The van der Waals surface area contributed by atoms with E-state index in [2.05, 4.69) is 15.7 Å². The van der Waals surface area contributed by atoms with Crippen LogP contribution in [0.15, 0.2) is 42.5 Å². The van der Waals surface area contributed by atoms with Crippen LogP contribution in [0.4, 0.5) is 15.9 Å². The Kier molecular flexibility index (Phi) is 5.56. The summed E-state index contributed by atoms with van der Waals surface area (Å²) in [5.41, 5.74) is 4.73. The molecular formula is C23H23FN4O3. The average molecular weight is 422 g/mol. The Labute approximate surface area is 179 Å². The van der Waals surface area contributed by atoms with E-state index in [1.165, 1.54) is 16.8 Å². The summed E-state index contributed by atoms with van der Waals surface area (Å²) in [5, 5.41) is 10.2. The topological polar surface area (TPSA) is 85.2 Å². The van der Waals surface area contributed by atoms with E-state index < -0.39 is 6.04 Å². The summed E-state index contributed by atoms with van der Waals surface area (Å²) < 4.78 is 20.2. The van der Waals surface area contributed by atoms with Crippen molar-refractivity contribution in [1.82, 2.24) is 9.78 Å². The zero-order chi connectivity index (χ0) is 22.1. The zero-order valence-corrected chi connectivity index (χ0v) is 17.5. The second-order valence-corrected chi connectivity index (χ2v) is 7.63. The van der Waals surface area contributed by atoms with Crippen molar-refractivity contribution < 1.29 is 18.7 Å². The molecule has 8 heteroatoms. The Morgan fingerprint density at radius 3 is 2.65 bits per heavy atom. The number of aromatic nitrogens is 2. The van der Waals surface area contributed by atoms with E-state index >= 15 is 0 Å². The van der Waals surface area contributed by atoms with Gasteiger partial charge in [-0.15, -0.1) is 0 Å². The van der Waals surface area contributed by atoms with Crippen LogP contribution in [0.2, 0.25) is 0 Å². The summed E-state index contributed by atoms with van der Waals surface area (Å²) in [5.74, 6) is -0.475. The van der Waals surface area contributed by atoms with Gasteiger partial charge < -0.3 is 15.4 Å². The van der Waals surface area contributed by atoms with Gasteiger partial charge in [0.15, 0.2) is 0 Å². The van der Waals surface area contributed by atoms with Gasteiger partial charge in [0.25, 0.3) is 5.91 Å². The third-order valence-corrected chi connectivity index (χ3v) is 5.27. The molecule has 0 saturated carbocycles. The maximum absolute atomic E-state index is 13.4. The minimum Gasteiger partial charge on any atom is -0.378 e. The smallest absolute Gasteiger partial charge is 0.251 e. The van der Waals surface area contributed by atoms with E-state index in [1.807, 2.05) is 32.0 Å². The van der Waals surface area contributed by atoms with Crippen LogP contribution in [0.5, 0.6) is 0 Å². The highest BCUT2D eigenvalue weighted by Crippen LogP contribution is 2.39. The Balaban J connectivity index is 1.62. The van der Waals surface area contributed by atoms with Crippen LogP contribution in [-0.2, 0) is 20.9 Å². The van der Waals surface area contributed by atoms with Gasteiger partial charge in [0, 0.05) is 18.4 Å². The molecule has 3 aromatic rings. The number of anilines is 2. The van der Waals surface area contributed by atoms with Gasteiger partial charge in [-0.1, -0.05) is 29.8 Å². The molecular weight excluding hydrogens is 399 g/mol. The maximum atomic E-state index is 13.4. The fourth-order valence-electron chi connectivity index (χ4n) is 3.81. The van der Waals surface area contributed by atoms with Crippen molar-refractivity contribution in [3.63, 3.8) is 0 Å². The van der Waals surface area contributed by atoms with Gasteiger partial charge in [-0.2, -0.15) is 5.10 Å². The van der Waals surface area contributed by atoms with Crippen LogP contribution in [0.1, 0.15) is 29.3 Å². The standard InChI is InChI=1S/C23H23FN4O3/c1-13-4-9-17(14(2)10-13)25-20(29)11-19-23(30)26-22-21(15-5-7-16(24)8-6-15)18(12-31-3)27-28(19)22/h4-10,19H,11-12H2,1-3H3,(H,25,29)(H,26,30). The first-order chi connectivity index (χ1) is 14.9. The van der Waals surface area contributed by atoms with Crippen LogP contribution in [0.3, 0.4) is 0 Å². The molecule has 31 heavy (non-hydrogen) atoms. The molecule has 2 N–H and O–H groups in total. The fraction of sp³-hybridized carbons (Fsp3) is 0.261. The molecule has 1 aromatic heterocycles. The first-order valence-corrected chi connectivity index (χ1v) is 9.91. The van der Waals surface area contributed by atoms with Crippen molar-refractivity contribution in [2.75, 3.05) is 17.7 Å². The molecule has 0 saturated heterocycles. The van der Waals surface area contributed by atoms with E-state index in [0.29, 0.717) is 28.3 Å². The van der Waals surface area contributed by atoms with E-state index in [1.54, 1.807) is 19.2 Å². The number of hydrogen-bond donors (Lipinski definition) is 2. The van der Waals surface area contributed by atoms with Crippen molar-refractivity contribution in [3.05, 3.63) is 65.1 Å². The molecule has 0 bridgehead atoms. The molecule has 0 spiro atoms.